The zero-order valence-corrected chi connectivity index (χ0v) is 15.1. The number of ether oxygens (including phenoxy) is 1. The molecule has 0 saturated heterocycles. The van der Waals surface area contributed by atoms with E-state index < -0.39 is 0 Å². The molecule has 0 radical (unpaired) electrons. The summed E-state index contributed by atoms with van der Waals surface area (Å²) in [5, 5.41) is 4.43. The third-order valence-corrected chi connectivity index (χ3v) is 5.52. The van der Waals surface area contributed by atoms with Crippen molar-refractivity contribution in [2.45, 2.75) is 37.2 Å². The molecule has 1 aromatic carbocycles. The summed E-state index contributed by atoms with van der Waals surface area (Å²) >= 11 is 3.51. The molecule has 2 heterocycles. The molecule has 3 aromatic rings. The molecular formula is C17H21N3OS2. The van der Waals surface area contributed by atoms with E-state index in [0.717, 1.165) is 47.0 Å². The molecule has 0 atom stereocenters. The molecule has 0 aliphatic rings. The summed E-state index contributed by atoms with van der Waals surface area (Å²) in [7, 11) is 1.73. The molecule has 0 aliphatic carbocycles. The Morgan fingerprint density at radius 2 is 2.13 bits per heavy atom. The number of aromatic nitrogens is 3. The second-order valence-corrected chi connectivity index (χ2v) is 7.18. The SMILES string of the molecule is CCCc1nc(CSc2nc3ccccc3n2CCOC)cs1. The predicted octanol–water partition coefficient (Wildman–Crippen LogP) is 4.38. The summed E-state index contributed by atoms with van der Waals surface area (Å²) in [5.74, 6) is 0.858. The standard InChI is InChI=1S/C17H21N3OS2/c1-3-6-16-18-13(11-22-16)12-23-17-19-14-7-4-5-8-15(14)20(17)9-10-21-2/h4-5,7-8,11H,3,6,9-10,12H2,1-2H3. The quantitative estimate of drug-likeness (QED) is 0.567. The first-order valence-electron chi connectivity index (χ1n) is 7.82. The van der Waals surface area contributed by atoms with Crippen LogP contribution < -0.4 is 0 Å². The molecule has 2 aromatic heterocycles. The van der Waals surface area contributed by atoms with E-state index in [1.54, 1.807) is 30.2 Å². The van der Waals surface area contributed by atoms with Gasteiger partial charge in [-0.25, -0.2) is 9.97 Å². The first kappa shape index (κ1) is 16.5. The van der Waals surface area contributed by atoms with Gasteiger partial charge in [0.15, 0.2) is 5.16 Å². The largest absolute Gasteiger partial charge is 0.383 e. The van der Waals surface area contributed by atoms with E-state index in [4.69, 9.17) is 14.7 Å². The zero-order valence-electron chi connectivity index (χ0n) is 13.5. The second-order valence-electron chi connectivity index (χ2n) is 5.30. The average molecular weight is 348 g/mol. The van der Waals surface area contributed by atoms with Gasteiger partial charge >= 0.3 is 0 Å². The topological polar surface area (TPSA) is 39.9 Å². The Morgan fingerprint density at radius 1 is 1.26 bits per heavy atom. The summed E-state index contributed by atoms with van der Waals surface area (Å²) in [5.41, 5.74) is 3.35. The van der Waals surface area contributed by atoms with Gasteiger partial charge in [-0.15, -0.1) is 11.3 Å². The van der Waals surface area contributed by atoms with E-state index in [1.165, 1.54) is 5.01 Å². The summed E-state index contributed by atoms with van der Waals surface area (Å²) in [4.78, 5) is 9.47. The lowest BCUT2D eigenvalue weighted by Crippen LogP contribution is -2.05. The molecular weight excluding hydrogens is 326 g/mol. The van der Waals surface area contributed by atoms with Gasteiger partial charge in [0.25, 0.3) is 0 Å². The Balaban J connectivity index is 1.77. The lowest BCUT2D eigenvalue weighted by atomic mass is 10.3. The molecule has 0 aliphatic heterocycles. The normalized spacial score (nSPS) is 11.4. The van der Waals surface area contributed by atoms with Gasteiger partial charge in [0.2, 0.25) is 0 Å². The molecule has 0 N–H and O–H groups in total. The van der Waals surface area contributed by atoms with Crippen molar-refractivity contribution in [3.8, 4) is 0 Å². The zero-order chi connectivity index (χ0) is 16.1. The van der Waals surface area contributed by atoms with Crippen molar-refractivity contribution in [1.29, 1.82) is 0 Å². The first-order chi connectivity index (χ1) is 11.3. The van der Waals surface area contributed by atoms with Crippen LogP contribution >= 0.6 is 23.1 Å². The van der Waals surface area contributed by atoms with Crippen LogP contribution in [0, 0.1) is 0 Å². The fourth-order valence-corrected chi connectivity index (χ4v) is 4.38. The summed E-state index contributed by atoms with van der Waals surface area (Å²) < 4.78 is 7.48. The van der Waals surface area contributed by atoms with Crippen molar-refractivity contribution >= 4 is 34.1 Å². The number of imidazole rings is 1. The molecule has 4 nitrogen and oxygen atoms in total. The summed E-state index contributed by atoms with van der Waals surface area (Å²) in [6.45, 7) is 3.69. The van der Waals surface area contributed by atoms with Crippen molar-refractivity contribution < 1.29 is 4.74 Å². The van der Waals surface area contributed by atoms with Gasteiger partial charge in [-0.1, -0.05) is 30.8 Å². The van der Waals surface area contributed by atoms with E-state index in [9.17, 15) is 0 Å². The molecule has 0 bridgehead atoms. The Labute approximate surface area is 144 Å². The van der Waals surface area contributed by atoms with Crippen LogP contribution in [-0.2, 0) is 23.5 Å². The van der Waals surface area contributed by atoms with Crippen LogP contribution in [-0.4, -0.2) is 28.3 Å². The number of hydrogen-bond donors (Lipinski definition) is 0. The lowest BCUT2D eigenvalue weighted by molar-refractivity contribution is 0.186. The Hall–Kier alpha value is -1.37. The van der Waals surface area contributed by atoms with Crippen molar-refractivity contribution in [1.82, 2.24) is 14.5 Å². The number of fused-ring (bicyclic) bond motifs is 1. The molecule has 0 fully saturated rings. The molecule has 0 saturated carbocycles. The van der Waals surface area contributed by atoms with Gasteiger partial charge in [0.1, 0.15) is 0 Å². The van der Waals surface area contributed by atoms with E-state index in [0.29, 0.717) is 6.61 Å². The van der Waals surface area contributed by atoms with E-state index in [1.807, 2.05) is 6.07 Å². The first-order valence-corrected chi connectivity index (χ1v) is 9.68. The third kappa shape index (κ3) is 3.94. The van der Waals surface area contributed by atoms with Gasteiger partial charge < -0.3 is 9.30 Å². The number of benzene rings is 1. The number of aryl methyl sites for hydroxylation is 1. The van der Waals surface area contributed by atoms with Gasteiger partial charge in [-0.2, -0.15) is 0 Å². The van der Waals surface area contributed by atoms with E-state index in [-0.39, 0.29) is 0 Å². The smallest absolute Gasteiger partial charge is 0.169 e. The molecule has 0 amide bonds. The van der Waals surface area contributed by atoms with Crippen molar-refractivity contribution in [3.63, 3.8) is 0 Å². The van der Waals surface area contributed by atoms with Crippen molar-refractivity contribution in [2.24, 2.45) is 0 Å². The number of methoxy groups -OCH3 is 1. The second kappa shape index (κ2) is 7.95. The van der Waals surface area contributed by atoms with Gasteiger partial charge in [-0.3, -0.25) is 0 Å². The predicted molar refractivity (Wildman–Crippen MR) is 97.3 cm³/mol. The van der Waals surface area contributed by atoms with Crippen LogP contribution in [0.15, 0.2) is 34.8 Å². The van der Waals surface area contributed by atoms with Crippen LogP contribution in [0.25, 0.3) is 11.0 Å². The highest BCUT2D eigenvalue weighted by Gasteiger charge is 2.12. The molecule has 6 heteroatoms. The molecule has 3 rings (SSSR count). The fourth-order valence-electron chi connectivity index (χ4n) is 2.44. The number of thiazole rings is 1. The monoisotopic (exact) mass is 347 g/mol. The Kier molecular flexibility index (Phi) is 5.70. The van der Waals surface area contributed by atoms with Crippen LogP contribution in [0.5, 0.6) is 0 Å². The number of nitrogens with zero attached hydrogens (tertiary/aromatic N) is 3. The summed E-state index contributed by atoms with van der Waals surface area (Å²) in [6, 6.07) is 8.26. The number of hydrogen-bond acceptors (Lipinski definition) is 5. The highest BCUT2D eigenvalue weighted by atomic mass is 32.2. The highest BCUT2D eigenvalue weighted by molar-refractivity contribution is 7.98. The fraction of sp³-hybridized carbons (Fsp3) is 0.412. The summed E-state index contributed by atoms with van der Waals surface area (Å²) in [6.07, 6.45) is 2.22. The maximum Gasteiger partial charge on any atom is 0.169 e. The van der Waals surface area contributed by atoms with Gasteiger partial charge in [0, 0.05) is 24.8 Å². The van der Waals surface area contributed by atoms with Crippen LogP contribution in [0.1, 0.15) is 24.0 Å². The Bertz CT molecular complexity index is 766. The minimum atomic E-state index is 0.686. The average Bonchev–Trinajstić information content (AvgIpc) is 3.15. The van der Waals surface area contributed by atoms with Crippen LogP contribution in [0.4, 0.5) is 0 Å². The maximum absolute atomic E-state index is 5.24. The minimum Gasteiger partial charge on any atom is -0.383 e. The van der Waals surface area contributed by atoms with Crippen LogP contribution in [0.2, 0.25) is 0 Å². The Morgan fingerprint density at radius 3 is 2.96 bits per heavy atom. The number of para-hydroxylation sites is 2. The third-order valence-electron chi connectivity index (χ3n) is 3.55. The number of rotatable bonds is 8. The van der Waals surface area contributed by atoms with E-state index >= 15 is 0 Å². The van der Waals surface area contributed by atoms with Gasteiger partial charge in [-0.05, 0) is 25.0 Å². The van der Waals surface area contributed by atoms with E-state index in [2.05, 4.69) is 35.1 Å². The van der Waals surface area contributed by atoms with Crippen molar-refractivity contribution in [3.05, 3.63) is 40.3 Å². The molecule has 23 heavy (non-hydrogen) atoms. The lowest BCUT2D eigenvalue weighted by Gasteiger charge is -2.07. The highest BCUT2D eigenvalue weighted by Crippen LogP contribution is 2.27. The van der Waals surface area contributed by atoms with Crippen LogP contribution in [0.3, 0.4) is 0 Å². The minimum absolute atomic E-state index is 0.686. The molecule has 0 spiro atoms. The molecule has 0 unspecified atom stereocenters. The maximum atomic E-state index is 5.24. The van der Waals surface area contributed by atoms with Gasteiger partial charge in [0.05, 0.1) is 28.3 Å². The molecule has 122 valence electrons. The number of thioether (sulfide) groups is 1. The van der Waals surface area contributed by atoms with Crippen molar-refractivity contribution in [2.75, 3.05) is 13.7 Å².